The number of hydrogen-bond acceptors (Lipinski definition) is 3. The minimum absolute atomic E-state index is 0.0788. The van der Waals surface area contributed by atoms with Crippen LogP contribution in [0.2, 0.25) is 0 Å². The van der Waals surface area contributed by atoms with Crippen LogP contribution in [-0.2, 0) is 0 Å². The Morgan fingerprint density at radius 3 is 2.50 bits per heavy atom. The summed E-state index contributed by atoms with van der Waals surface area (Å²) in [4.78, 5) is 10.1. The summed E-state index contributed by atoms with van der Waals surface area (Å²) in [6.07, 6.45) is 0.701. The van der Waals surface area contributed by atoms with Gasteiger partial charge in [0.1, 0.15) is 5.82 Å². The number of likely N-dealkylation sites (N-methyl/N-ethyl adjacent to an activating group) is 1. The first-order chi connectivity index (χ1) is 8.42. The van der Waals surface area contributed by atoms with Crippen LogP contribution in [0.1, 0.15) is 31.7 Å². The van der Waals surface area contributed by atoms with E-state index in [2.05, 4.69) is 5.32 Å². The first-order valence-electron chi connectivity index (χ1n) is 5.72. The van der Waals surface area contributed by atoms with Gasteiger partial charge in [0.05, 0.1) is 4.92 Å². The molecule has 0 aliphatic rings. The predicted octanol–water partition coefficient (Wildman–Crippen LogP) is 2.97. The Labute approximate surface area is 104 Å². The van der Waals surface area contributed by atoms with Crippen LogP contribution in [0, 0.1) is 21.7 Å². The van der Waals surface area contributed by atoms with Gasteiger partial charge in [0, 0.05) is 23.6 Å². The van der Waals surface area contributed by atoms with E-state index >= 15 is 0 Å². The van der Waals surface area contributed by atoms with Gasteiger partial charge in [0.2, 0.25) is 5.82 Å². The number of nitrogens with one attached hydrogen (secondary N) is 1. The summed E-state index contributed by atoms with van der Waals surface area (Å²) in [6, 6.07) is 1.49. The first kappa shape index (κ1) is 14.5. The second-order valence-corrected chi connectivity index (χ2v) is 4.17. The normalized spacial score (nSPS) is 14.3. The van der Waals surface area contributed by atoms with Crippen LogP contribution in [0.3, 0.4) is 0 Å². The van der Waals surface area contributed by atoms with Crippen molar-refractivity contribution in [1.29, 1.82) is 0 Å². The summed E-state index contributed by atoms with van der Waals surface area (Å²) in [5.41, 5.74) is -0.559. The molecular formula is C12H16F2N2O2. The van der Waals surface area contributed by atoms with E-state index in [0.29, 0.717) is 12.5 Å². The second kappa shape index (κ2) is 5.86. The lowest BCUT2D eigenvalue weighted by molar-refractivity contribution is -0.388. The summed E-state index contributed by atoms with van der Waals surface area (Å²) < 4.78 is 26.7. The molecule has 4 nitrogen and oxygen atoms in total. The highest BCUT2D eigenvalue weighted by Gasteiger charge is 2.28. The number of halogens is 2. The van der Waals surface area contributed by atoms with Gasteiger partial charge in [-0.05, 0) is 19.5 Å². The van der Waals surface area contributed by atoms with E-state index in [9.17, 15) is 18.9 Å². The van der Waals surface area contributed by atoms with Gasteiger partial charge in [-0.15, -0.1) is 0 Å². The molecule has 18 heavy (non-hydrogen) atoms. The molecule has 1 aromatic rings. The van der Waals surface area contributed by atoms with Crippen molar-refractivity contribution in [2.24, 2.45) is 0 Å². The minimum Gasteiger partial charge on any atom is -0.316 e. The molecule has 0 aromatic heterocycles. The molecule has 1 N–H and O–H groups in total. The van der Waals surface area contributed by atoms with Crippen LogP contribution >= 0.6 is 0 Å². The fraction of sp³-hybridized carbons (Fsp3) is 0.500. The molecule has 2 unspecified atom stereocenters. The summed E-state index contributed by atoms with van der Waals surface area (Å²) in [7, 11) is 1.71. The van der Waals surface area contributed by atoms with E-state index in [4.69, 9.17) is 0 Å². The fourth-order valence-electron chi connectivity index (χ4n) is 2.15. The van der Waals surface area contributed by atoms with E-state index in [1.54, 1.807) is 14.0 Å². The van der Waals surface area contributed by atoms with Crippen molar-refractivity contribution in [3.63, 3.8) is 0 Å². The van der Waals surface area contributed by atoms with Crippen molar-refractivity contribution in [2.75, 3.05) is 7.05 Å². The summed E-state index contributed by atoms with van der Waals surface area (Å²) in [5.74, 6) is -2.29. The van der Waals surface area contributed by atoms with E-state index in [1.807, 2.05) is 6.92 Å². The van der Waals surface area contributed by atoms with Crippen molar-refractivity contribution < 1.29 is 13.7 Å². The number of nitrogens with zero attached hydrogens (tertiary/aromatic N) is 1. The van der Waals surface area contributed by atoms with Gasteiger partial charge in [0.15, 0.2) is 0 Å². The van der Waals surface area contributed by atoms with Crippen LogP contribution in [0.15, 0.2) is 12.1 Å². The maximum atomic E-state index is 13.5. The van der Waals surface area contributed by atoms with Crippen molar-refractivity contribution in [2.45, 2.75) is 32.2 Å². The third-order valence-electron chi connectivity index (χ3n) is 3.14. The lowest BCUT2D eigenvalue weighted by Crippen LogP contribution is -2.30. The second-order valence-electron chi connectivity index (χ2n) is 4.17. The zero-order valence-electron chi connectivity index (χ0n) is 10.5. The van der Waals surface area contributed by atoms with Crippen LogP contribution in [0.5, 0.6) is 0 Å². The maximum absolute atomic E-state index is 13.5. The van der Waals surface area contributed by atoms with E-state index in [0.717, 1.165) is 6.07 Å². The molecule has 1 aromatic carbocycles. The quantitative estimate of drug-likeness (QED) is 0.652. The molecule has 0 bridgehead atoms. The lowest BCUT2D eigenvalue weighted by Gasteiger charge is -2.22. The standard InChI is InChI=1S/C12H16F2N2O2/c1-4-11(15-3)7(2)9-5-8(13)6-10(14)12(9)16(17)18/h5-7,11,15H,4H2,1-3H3. The van der Waals surface area contributed by atoms with E-state index in [-0.39, 0.29) is 17.5 Å². The Morgan fingerprint density at radius 1 is 1.44 bits per heavy atom. The number of benzene rings is 1. The first-order valence-corrected chi connectivity index (χ1v) is 5.72. The highest BCUT2D eigenvalue weighted by molar-refractivity contribution is 5.44. The zero-order valence-corrected chi connectivity index (χ0v) is 10.5. The van der Waals surface area contributed by atoms with Gasteiger partial charge >= 0.3 is 5.69 Å². The third-order valence-corrected chi connectivity index (χ3v) is 3.14. The average molecular weight is 258 g/mol. The van der Waals surface area contributed by atoms with Crippen LogP contribution in [-0.4, -0.2) is 18.0 Å². The molecule has 2 atom stereocenters. The zero-order chi connectivity index (χ0) is 13.9. The molecule has 1 rings (SSSR count). The fourth-order valence-corrected chi connectivity index (χ4v) is 2.15. The largest absolute Gasteiger partial charge is 0.316 e. The molecule has 0 radical (unpaired) electrons. The molecule has 6 heteroatoms. The smallest absolute Gasteiger partial charge is 0.308 e. The highest BCUT2D eigenvalue weighted by atomic mass is 19.1. The van der Waals surface area contributed by atoms with Gasteiger partial charge in [-0.25, -0.2) is 4.39 Å². The maximum Gasteiger partial charge on any atom is 0.308 e. The SMILES string of the molecule is CCC(NC)C(C)c1cc(F)cc(F)c1[N+](=O)[O-]. The molecule has 0 aliphatic carbocycles. The molecule has 0 fully saturated rings. The highest BCUT2D eigenvalue weighted by Crippen LogP contribution is 2.32. The van der Waals surface area contributed by atoms with Gasteiger partial charge in [-0.2, -0.15) is 4.39 Å². The van der Waals surface area contributed by atoms with Gasteiger partial charge in [-0.1, -0.05) is 13.8 Å². The molecular weight excluding hydrogens is 242 g/mol. The molecule has 0 spiro atoms. The molecule has 0 amide bonds. The predicted molar refractivity (Wildman–Crippen MR) is 64.6 cm³/mol. The van der Waals surface area contributed by atoms with Crippen molar-refractivity contribution in [3.05, 3.63) is 39.4 Å². The van der Waals surface area contributed by atoms with Crippen molar-refractivity contribution >= 4 is 5.69 Å². The van der Waals surface area contributed by atoms with Crippen LogP contribution in [0.4, 0.5) is 14.5 Å². The Balaban J connectivity index is 3.33. The Morgan fingerprint density at radius 2 is 2.06 bits per heavy atom. The summed E-state index contributed by atoms with van der Waals surface area (Å²) in [6.45, 7) is 3.62. The Kier molecular flexibility index (Phi) is 4.72. The lowest BCUT2D eigenvalue weighted by atomic mass is 9.90. The van der Waals surface area contributed by atoms with Gasteiger partial charge in [-0.3, -0.25) is 10.1 Å². The minimum atomic E-state index is -1.13. The van der Waals surface area contributed by atoms with Gasteiger partial charge < -0.3 is 5.32 Å². The molecule has 0 saturated carbocycles. The Bertz CT molecular complexity index is 448. The number of hydrogen-bond donors (Lipinski definition) is 1. The van der Waals surface area contributed by atoms with Gasteiger partial charge in [0.25, 0.3) is 0 Å². The van der Waals surface area contributed by atoms with Crippen LogP contribution in [0.25, 0.3) is 0 Å². The topological polar surface area (TPSA) is 55.2 Å². The number of nitro groups is 1. The number of nitro benzene ring substituents is 1. The number of rotatable bonds is 5. The molecule has 100 valence electrons. The van der Waals surface area contributed by atoms with Crippen LogP contribution < -0.4 is 5.32 Å². The average Bonchev–Trinajstić information content (AvgIpc) is 2.28. The van der Waals surface area contributed by atoms with Crippen molar-refractivity contribution in [3.8, 4) is 0 Å². The van der Waals surface area contributed by atoms with Crippen molar-refractivity contribution in [1.82, 2.24) is 5.32 Å². The molecule has 0 aliphatic heterocycles. The summed E-state index contributed by atoms with van der Waals surface area (Å²) >= 11 is 0. The third kappa shape index (κ3) is 2.81. The molecule has 0 heterocycles. The van der Waals surface area contributed by atoms with E-state index in [1.165, 1.54) is 0 Å². The Hall–Kier alpha value is -1.56. The van der Waals surface area contributed by atoms with E-state index < -0.39 is 22.2 Å². The summed E-state index contributed by atoms with van der Waals surface area (Å²) in [5, 5.41) is 13.9. The molecule has 0 saturated heterocycles. The monoisotopic (exact) mass is 258 g/mol.